The molecule has 0 amide bonds. The summed E-state index contributed by atoms with van der Waals surface area (Å²) < 4.78 is 45.5. The van der Waals surface area contributed by atoms with Crippen LogP contribution in [0.4, 0.5) is 0 Å². The molecule has 8 rings (SSSR count). The van der Waals surface area contributed by atoms with Crippen LogP contribution >= 0.6 is 0 Å². The van der Waals surface area contributed by atoms with Gasteiger partial charge in [0.05, 0.1) is 12.2 Å². The molecule has 5 unspecified atom stereocenters. The molecule has 0 bridgehead atoms. The first-order valence-electron chi connectivity index (χ1n) is 38.5. The van der Waals surface area contributed by atoms with E-state index in [9.17, 15) is 34.2 Å². The van der Waals surface area contributed by atoms with Gasteiger partial charge in [0.1, 0.15) is 98.5 Å². The summed E-state index contributed by atoms with van der Waals surface area (Å²) in [6.07, 6.45) is 44.3. The van der Waals surface area contributed by atoms with Gasteiger partial charge in [0.25, 0.3) is 0 Å². The van der Waals surface area contributed by atoms with Gasteiger partial charge in [-0.1, -0.05) is 213 Å². The number of ether oxygens (including phenoxy) is 8. The molecule has 0 radical (unpaired) electrons. The van der Waals surface area contributed by atoms with E-state index in [4.69, 9.17) is 49.4 Å². The van der Waals surface area contributed by atoms with Gasteiger partial charge in [-0.25, -0.2) is 0 Å². The van der Waals surface area contributed by atoms with Crippen LogP contribution in [0.15, 0.2) is 223 Å². The third kappa shape index (κ3) is 43.1. The number of allylic oxidation sites excluding steroid dienone is 4. The van der Waals surface area contributed by atoms with Crippen LogP contribution in [-0.2, 0) is 44.6 Å². The predicted molar refractivity (Wildman–Crippen MR) is 459 cm³/mol. The Bertz CT molecular complexity index is 3760. The Morgan fingerprint density at radius 3 is 1.31 bits per heavy atom. The molecule has 0 aromatic heterocycles. The summed E-state index contributed by atoms with van der Waals surface area (Å²) in [6.45, 7) is 36.9. The van der Waals surface area contributed by atoms with Gasteiger partial charge in [-0.05, 0) is 144 Å². The van der Waals surface area contributed by atoms with Gasteiger partial charge in [-0.15, -0.1) is 44.6 Å². The number of terminal acetylenes is 1. The average molecular weight is 1550 g/mol. The number of carbonyl (C=O) groups is 5. The number of phenols is 2. The highest BCUT2D eigenvalue weighted by Gasteiger charge is 2.22. The Morgan fingerprint density at radius 2 is 0.885 bits per heavy atom. The fourth-order valence-corrected chi connectivity index (χ4v) is 11.3. The first kappa shape index (κ1) is 100. The van der Waals surface area contributed by atoms with Crippen molar-refractivity contribution in [3.05, 3.63) is 278 Å². The van der Waals surface area contributed by atoms with Crippen LogP contribution in [-0.4, -0.2) is 111 Å². The van der Waals surface area contributed by atoms with Gasteiger partial charge < -0.3 is 53.2 Å². The molecule has 6 aromatic carbocycles. The maximum atomic E-state index is 10.8. The van der Waals surface area contributed by atoms with E-state index in [0.29, 0.717) is 110 Å². The van der Waals surface area contributed by atoms with Gasteiger partial charge in [-0.2, -0.15) is 0 Å². The summed E-state index contributed by atoms with van der Waals surface area (Å²) in [5.41, 5.74) is 7.03. The number of carbonyl (C=O) groups excluding carboxylic acids is 5. The highest BCUT2D eigenvalue weighted by atomic mass is 16.7. The van der Waals surface area contributed by atoms with Crippen LogP contribution < -0.4 is 18.9 Å². The maximum Gasteiger partial charge on any atom is 0.157 e. The van der Waals surface area contributed by atoms with Gasteiger partial charge in [-0.3, -0.25) is 24.0 Å². The van der Waals surface area contributed by atoms with Crippen LogP contribution in [0.25, 0.3) is 0 Å². The van der Waals surface area contributed by atoms with Crippen LogP contribution in [0.1, 0.15) is 223 Å². The molecule has 2 aliphatic rings. The Morgan fingerprint density at radius 1 is 0.469 bits per heavy atom. The van der Waals surface area contributed by atoms with E-state index in [2.05, 4.69) is 84.2 Å². The number of aliphatic hydroxyl groups excluding tert-OH is 1. The van der Waals surface area contributed by atoms with Gasteiger partial charge in [0.15, 0.2) is 12.6 Å². The molecule has 0 spiro atoms. The second kappa shape index (κ2) is 66.0. The number of hydrogen-bond acceptors (Lipinski definition) is 16. The lowest BCUT2D eigenvalue weighted by atomic mass is 9.98. The minimum absolute atomic E-state index is 0. The second-order valence-corrected chi connectivity index (χ2v) is 25.5. The number of aliphatic hydroxyl groups is 1. The quantitative estimate of drug-likeness (QED) is 0.0140. The number of phenolic OH excluding ortho intramolecular Hbond substituents is 2. The van der Waals surface area contributed by atoms with Crippen molar-refractivity contribution < 1.29 is 77.2 Å². The third-order valence-electron chi connectivity index (χ3n) is 16.9. The first-order valence-corrected chi connectivity index (χ1v) is 38.5. The zero-order chi connectivity index (χ0) is 82.0. The van der Waals surface area contributed by atoms with E-state index < -0.39 is 6.10 Å². The smallest absolute Gasteiger partial charge is 0.157 e. The van der Waals surface area contributed by atoms with Crippen molar-refractivity contribution in [3.8, 4) is 58.7 Å². The lowest BCUT2D eigenvalue weighted by Crippen LogP contribution is -2.28. The average Bonchev–Trinajstić information content (AvgIpc) is 0.840. The minimum atomic E-state index is -0.863. The lowest BCUT2D eigenvalue weighted by Gasteiger charge is -2.27. The predicted octanol–water partition coefficient (Wildman–Crippen LogP) is 21.6. The van der Waals surface area contributed by atoms with Crippen molar-refractivity contribution in [2.45, 2.75) is 193 Å². The summed E-state index contributed by atoms with van der Waals surface area (Å²) >= 11 is 0. The van der Waals surface area contributed by atoms with Crippen LogP contribution in [0.3, 0.4) is 0 Å². The Labute approximate surface area is 675 Å². The molecule has 2 heterocycles. The third-order valence-corrected chi connectivity index (χ3v) is 16.9. The van der Waals surface area contributed by atoms with Crippen molar-refractivity contribution in [2.75, 3.05) is 39.6 Å². The van der Waals surface area contributed by atoms with Crippen LogP contribution in [0.5, 0.6) is 34.5 Å². The van der Waals surface area contributed by atoms with Crippen molar-refractivity contribution in [1.29, 1.82) is 0 Å². The molecular formula is C97H124O16. The highest BCUT2D eigenvalue weighted by molar-refractivity contribution is 5.80. The zero-order valence-electron chi connectivity index (χ0n) is 66.1. The zero-order valence-corrected chi connectivity index (χ0v) is 66.1. The molecule has 608 valence electrons. The number of unbranched alkanes of at least 4 members (excludes halogenated alkanes) is 4. The normalized spacial score (nSPS) is 13.4. The molecule has 0 aliphatic carbocycles. The van der Waals surface area contributed by atoms with E-state index >= 15 is 0 Å². The summed E-state index contributed by atoms with van der Waals surface area (Å²) in [6, 6.07) is 34.6. The van der Waals surface area contributed by atoms with E-state index in [1.807, 2.05) is 36.4 Å². The van der Waals surface area contributed by atoms with Crippen LogP contribution in [0.2, 0.25) is 0 Å². The summed E-state index contributed by atoms with van der Waals surface area (Å²) in [4.78, 5) is 52.5. The molecule has 113 heavy (non-hydrogen) atoms. The number of aldehydes is 5. The number of rotatable bonds is 42. The molecule has 2 fully saturated rings. The molecular weight excluding hydrogens is 1420 g/mol. The van der Waals surface area contributed by atoms with Gasteiger partial charge in [0, 0.05) is 76.1 Å². The standard InChI is InChI=1S/C28H40O4.C15H26O2.2C13H14O2.2C10H10O2.C7H6O2.CH4/c1-4-7-8-15-23(32-28-20-11-12-22-31-28)16-9-10-18-26(29)24-17-13-19-27(30-21-6-3)25(24)14-5-2;1-3-5-7-11-14(10-6-4-2)17-15-12-8-9-13-16-15;2*1-3-6-12-11(10-14)7-5-8-13(12)15-9-4-2;1-2-6-12-10-5-3-4-9(7-10)8-11;1-2-4-9-8(7-11)5-3-6-10(9)12;8-5-6-2-1-3-7(9)4-6;/h5-6,13,17,19,23,26,28-29H,2-4,7-9,11-12,14-16,20-22H2,1H3;2,14-15H,3,5-13H2,1H3;2*3-5,7-8,10H,1-2,6,9H2;2-5,7-8H,1,6H2;2-3,5-7,12H,1,4H2;1-5,9H;1H4. The monoisotopic (exact) mass is 1540 g/mol. The first-order chi connectivity index (χ1) is 54.7. The Hall–Kier alpha value is -10.7. The van der Waals surface area contributed by atoms with Crippen molar-refractivity contribution >= 4 is 31.4 Å². The molecule has 16 nitrogen and oxygen atoms in total. The Balaban J connectivity index is 0.000000686. The molecule has 5 atom stereocenters. The van der Waals surface area contributed by atoms with Crippen LogP contribution in [0, 0.1) is 24.2 Å². The van der Waals surface area contributed by atoms with Crippen molar-refractivity contribution in [2.24, 2.45) is 0 Å². The van der Waals surface area contributed by atoms with E-state index in [0.717, 1.165) is 136 Å². The molecule has 0 saturated carbocycles. The summed E-state index contributed by atoms with van der Waals surface area (Å²) in [5.74, 6) is 12.0. The fourth-order valence-electron chi connectivity index (χ4n) is 11.3. The van der Waals surface area contributed by atoms with Crippen molar-refractivity contribution in [3.63, 3.8) is 0 Å². The Kier molecular flexibility index (Phi) is 58.6. The molecule has 2 aliphatic heterocycles. The number of benzene rings is 6. The van der Waals surface area contributed by atoms with Gasteiger partial charge >= 0.3 is 0 Å². The largest absolute Gasteiger partial charge is 0.508 e. The van der Waals surface area contributed by atoms with Gasteiger partial charge in [0.2, 0.25) is 0 Å². The van der Waals surface area contributed by atoms with E-state index in [-0.39, 0.29) is 37.6 Å². The molecule has 6 aromatic rings. The second-order valence-electron chi connectivity index (χ2n) is 25.5. The maximum absolute atomic E-state index is 10.8. The molecule has 16 heteroatoms. The highest BCUT2D eigenvalue weighted by Crippen LogP contribution is 2.30. The lowest BCUT2D eigenvalue weighted by molar-refractivity contribution is -0.190. The minimum Gasteiger partial charge on any atom is -0.508 e. The van der Waals surface area contributed by atoms with E-state index in [1.165, 1.54) is 63.5 Å². The summed E-state index contributed by atoms with van der Waals surface area (Å²) in [7, 11) is 0. The topological polar surface area (TPSA) is 220 Å². The molecule has 3 N–H and O–H groups in total. The fraction of sp³-hybridized carbons (Fsp3) is 0.371. The number of hydrogen-bond donors (Lipinski definition) is 3. The van der Waals surface area contributed by atoms with E-state index in [1.54, 1.807) is 121 Å². The number of aromatic hydroxyl groups is 2. The molecule has 2 saturated heterocycles. The summed E-state index contributed by atoms with van der Waals surface area (Å²) in [5, 5.41) is 28.9. The SMILES string of the molecule is C.C#CCCC(CCCCC)OC1CCCCO1.C=CCOc1cccc(C(O)C#CCCC(CCCCC)OC2CCCCO2)c1CC=C.C=CCOc1cccc(C=O)c1.C=CCOc1cccc(C=O)c1CC=C.C=CCOc1cccc(C=O)c1CC=C.C=CCc1c(O)cccc1C=O.O=Cc1cccc(O)c1. The van der Waals surface area contributed by atoms with Crippen molar-refractivity contribution in [1.82, 2.24) is 0 Å².